The van der Waals surface area contributed by atoms with E-state index in [1.54, 1.807) is 0 Å². The number of hydrogen-bond donors (Lipinski definition) is 3. The molecule has 6 nitrogen and oxygen atoms in total. The van der Waals surface area contributed by atoms with E-state index in [4.69, 9.17) is 4.74 Å². The van der Waals surface area contributed by atoms with E-state index in [1.165, 1.54) is 231 Å². The molecule has 0 aliphatic rings. The van der Waals surface area contributed by atoms with Crippen LogP contribution in [-0.4, -0.2) is 47.4 Å². The standard InChI is InChI=1S/C64H119NO5/c1-3-5-7-9-11-13-15-16-30-34-38-42-46-50-54-58-64(69)70-59-55-51-47-43-39-35-32-29-27-25-23-21-19-17-18-20-22-24-26-28-31-33-37-41-45-49-53-57-63(68)65-61(60-66)62(67)56-52-48-44-40-36-14-12-10-8-6-4-2/h11,13,16-18,21,23,30,61-62,66-67H,3-10,12,14-15,19-20,22,24-29,31-60H2,1-2H3,(H,65,68)/b13-11-,18-17-,23-21-,30-16-. The molecule has 3 N–H and O–H groups in total. The van der Waals surface area contributed by atoms with E-state index in [9.17, 15) is 19.8 Å². The third kappa shape index (κ3) is 55.1. The molecule has 0 saturated carbocycles. The minimum absolute atomic E-state index is 0.00379. The lowest BCUT2D eigenvalue weighted by Crippen LogP contribution is -2.45. The number of nitrogens with one attached hydrogen (secondary N) is 1. The fourth-order valence-electron chi connectivity index (χ4n) is 9.35. The van der Waals surface area contributed by atoms with Gasteiger partial charge in [-0.25, -0.2) is 0 Å². The van der Waals surface area contributed by atoms with E-state index >= 15 is 0 Å². The van der Waals surface area contributed by atoms with Gasteiger partial charge >= 0.3 is 5.97 Å². The number of aliphatic hydroxyl groups excluding tert-OH is 2. The smallest absolute Gasteiger partial charge is 0.305 e. The van der Waals surface area contributed by atoms with Crippen LogP contribution in [0.5, 0.6) is 0 Å². The first kappa shape index (κ1) is 67.8. The van der Waals surface area contributed by atoms with Crippen molar-refractivity contribution in [2.75, 3.05) is 13.2 Å². The zero-order chi connectivity index (χ0) is 50.7. The molecule has 0 aromatic carbocycles. The molecule has 0 aromatic rings. The summed E-state index contributed by atoms with van der Waals surface area (Å²) in [4.78, 5) is 24.5. The SMILES string of the molecule is CCCCC/C=C\C/C=C\CCCCCCCC(=O)OCCCCCCCCCCC/C=C\C/C=C\CCCCCCCCCCCCCC(=O)NC(CO)C(O)CCCCCCCCCCCCC. The Hall–Kier alpha value is -2.18. The number of esters is 1. The van der Waals surface area contributed by atoms with E-state index in [2.05, 4.69) is 67.8 Å². The average molecular weight is 983 g/mol. The zero-order valence-electron chi connectivity index (χ0n) is 46.7. The highest BCUT2D eigenvalue weighted by atomic mass is 16.5. The number of carbonyl (C=O) groups excluding carboxylic acids is 2. The Morgan fingerprint density at radius 2 is 0.714 bits per heavy atom. The molecule has 0 radical (unpaired) electrons. The van der Waals surface area contributed by atoms with E-state index < -0.39 is 12.1 Å². The maximum Gasteiger partial charge on any atom is 0.305 e. The summed E-state index contributed by atoms with van der Waals surface area (Å²) in [6.45, 7) is 4.91. The highest BCUT2D eigenvalue weighted by molar-refractivity contribution is 5.76. The van der Waals surface area contributed by atoms with Gasteiger partial charge in [0.05, 0.1) is 25.4 Å². The molecule has 0 fully saturated rings. The molecule has 6 heteroatoms. The monoisotopic (exact) mass is 982 g/mol. The Balaban J connectivity index is 3.41. The van der Waals surface area contributed by atoms with E-state index in [0.29, 0.717) is 25.9 Å². The van der Waals surface area contributed by atoms with Crippen LogP contribution in [0.3, 0.4) is 0 Å². The second kappa shape index (κ2) is 59.4. The third-order valence-corrected chi connectivity index (χ3v) is 14.1. The normalized spacial score (nSPS) is 12.9. The lowest BCUT2D eigenvalue weighted by Gasteiger charge is -2.22. The van der Waals surface area contributed by atoms with Gasteiger partial charge in [0.15, 0.2) is 0 Å². The molecule has 2 atom stereocenters. The van der Waals surface area contributed by atoms with Crippen LogP contribution < -0.4 is 5.32 Å². The topological polar surface area (TPSA) is 95.9 Å². The van der Waals surface area contributed by atoms with Crippen molar-refractivity contribution >= 4 is 11.9 Å². The van der Waals surface area contributed by atoms with Crippen LogP contribution in [0.1, 0.15) is 322 Å². The van der Waals surface area contributed by atoms with Crippen molar-refractivity contribution in [3.8, 4) is 0 Å². The number of unbranched alkanes of at least 4 members (excludes halogenated alkanes) is 38. The Bertz CT molecular complexity index is 1180. The molecule has 0 bridgehead atoms. The fraction of sp³-hybridized carbons (Fsp3) is 0.844. The number of amides is 1. The molecule has 0 heterocycles. The van der Waals surface area contributed by atoms with Crippen molar-refractivity contribution < 1.29 is 24.5 Å². The van der Waals surface area contributed by atoms with Crippen molar-refractivity contribution in [3.63, 3.8) is 0 Å². The Kier molecular flexibility index (Phi) is 57.5. The number of rotatable bonds is 57. The van der Waals surface area contributed by atoms with Crippen LogP contribution in [0.25, 0.3) is 0 Å². The van der Waals surface area contributed by atoms with Gasteiger partial charge in [0.1, 0.15) is 0 Å². The molecular weight excluding hydrogens is 863 g/mol. The van der Waals surface area contributed by atoms with Gasteiger partial charge in [-0.3, -0.25) is 9.59 Å². The number of carbonyl (C=O) groups is 2. The van der Waals surface area contributed by atoms with Crippen molar-refractivity contribution in [1.82, 2.24) is 5.32 Å². The highest BCUT2D eigenvalue weighted by Gasteiger charge is 2.20. The highest BCUT2D eigenvalue weighted by Crippen LogP contribution is 2.17. The molecule has 410 valence electrons. The molecule has 0 saturated heterocycles. The summed E-state index contributed by atoms with van der Waals surface area (Å²) in [5.74, 6) is -0.0430. The van der Waals surface area contributed by atoms with Crippen LogP contribution in [-0.2, 0) is 14.3 Å². The number of aliphatic hydroxyl groups is 2. The Labute approximate surface area is 436 Å². The van der Waals surface area contributed by atoms with Crippen molar-refractivity contribution in [2.24, 2.45) is 0 Å². The van der Waals surface area contributed by atoms with Crippen LogP contribution in [0.15, 0.2) is 48.6 Å². The Morgan fingerprint density at radius 1 is 0.400 bits per heavy atom. The number of ether oxygens (including phenoxy) is 1. The average Bonchev–Trinajstić information content (AvgIpc) is 3.36. The van der Waals surface area contributed by atoms with E-state index in [-0.39, 0.29) is 18.5 Å². The summed E-state index contributed by atoms with van der Waals surface area (Å²) in [6.07, 6.45) is 75.5. The van der Waals surface area contributed by atoms with Gasteiger partial charge in [0.2, 0.25) is 5.91 Å². The lowest BCUT2D eigenvalue weighted by molar-refractivity contribution is -0.143. The van der Waals surface area contributed by atoms with Crippen LogP contribution in [0.4, 0.5) is 0 Å². The molecule has 0 aromatic heterocycles. The van der Waals surface area contributed by atoms with Gasteiger partial charge < -0.3 is 20.3 Å². The quantitative estimate of drug-likeness (QED) is 0.0321. The maximum atomic E-state index is 12.4. The van der Waals surface area contributed by atoms with E-state index in [1.807, 2.05) is 0 Å². The molecular formula is C64H119NO5. The minimum Gasteiger partial charge on any atom is -0.466 e. The molecule has 2 unspecified atom stereocenters. The molecule has 1 amide bonds. The summed E-state index contributed by atoms with van der Waals surface area (Å²) in [6, 6.07) is -0.543. The number of allylic oxidation sites excluding steroid dienone is 8. The fourth-order valence-corrected chi connectivity index (χ4v) is 9.35. The first-order chi connectivity index (χ1) is 34.5. The van der Waals surface area contributed by atoms with E-state index in [0.717, 1.165) is 57.8 Å². The van der Waals surface area contributed by atoms with Crippen molar-refractivity contribution in [3.05, 3.63) is 48.6 Å². The second-order valence-electron chi connectivity index (χ2n) is 21.0. The van der Waals surface area contributed by atoms with Crippen molar-refractivity contribution in [2.45, 2.75) is 334 Å². The first-order valence-electron chi connectivity index (χ1n) is 30.9. The van der Waals surface area contributed by atoms with Crippen molar-refractivity contribution in [1.29, 1.82) is 0 Å². The number of hydrogen-bond acceptors (Lipinski definition) is 5. The van der Waals surface area contributed by atoms with Gasteiger partial charge in [-0.05, 0) is 89.9 Å². The van der Waals surface area contributed by atoms with Gasteiger partial charge in [-0.1, -0.05) is 268 Å². The van der Waals surface area contributed by atoms with Gasteiger partial charge in [-0.15, -0.1) is 0 Å². The molecule has 0 spiro atoms. The largest absolute Gasteiger partial charge is 0.466 e. The zero-order valence-corrected chi connectivity index (χ0v) is 46.7. The molecule has 0 aliphatic carbocycles. The molecule has 70 heavy (non-hydrogen) atoms. The summed E-state index contributed by atoms with van der Waals surface area (Å²) in [7, 11) is 0. The second-order valence-corrected chi connectivity index (χ2v) is 21.0. The van der Waals surface area contributed by atoms with Crippen LogP contribution in [0.2, 0.25) is 0 Å². The summed E-state index contributed by atoms with van der Waals surface area (Å²) >= 11 is 0. The van der Waals surface area contributed by atoms with Crippen LogP contribution >= 0.6 is 0 Å². The summed E-state index contributed by atoms with van der Waals surface area (Å²) in [5, 5.41) is 23.2. The Morgan fingerprint density at radius 3 is 1.11 bits per heavy atom. The summed E-state index contributed by atoms with van der Waals surface area (Å²) < 4.78 is 5.47. The third-order valence-electron chi connectivity index (χ3n) is 14.1. The first-order valence-corrected chi connectivity index (χ1v) is 30.9. The minimum atomic E-state index is -0.665. The van der Waals surface area contributed by atoms with Gasteiger partial charge in [-0.2, -0.15) is 0 Å². The lowest BCUT2D eigenvalue weighted by atomic mass is 10.0. The summed E-state index contributed by atoms with van der Waals surface area (Å²) in [5.41, 5.74) is 0. The van der Waals surface area contributed by atoms with Gasteiger partial charge in [0, 0.05) is 12.8 Å². The van der Waals surface area contributed by atoms with Crippen LogP contribution in [0, 0.1) is 0 Å². The predicted molar refractivity (Wildman–Crippen MR) is 306 cm³/mol. The van der Waals surface area contributed by atoms with Gasteiger partial charge in [0.25, 0.3) is 0 Å². The predicted octanol–water partition coefficient (Wildman–Crippen LogP) is 19.4. The maximum absolute atomic E-state index is 12.4. The molecule has 0 rings (SSSR count). The molecule has 0 aliphatic heterocycles.